The van der Waals surface area contributed by atoms with E-state index in [4.69, 9.17) is 16.3 Å². The lowest BCUT2D eigenvalue weighted by molar-refractivity contribution is 0.0937. The summed E-state index contributed by atoms with van der Waals surface area (Å²) in [5.41, 5.74) is -0.485. The highest BCUT2D eigenvalue weighted by Gasteiger charge is 2.21. The van der Waals surface area contributed by atoms with Gasteiger partial charge in [0.25, 0.3) is 11.5 Å². The molecule has 0 saturated heterocycles. The molecule has 190 valence electrons. The first-order valence-corrected chi connectivity index (χ1v) is 12.1. The maximum Gasteiger partial charge on any atom is 0.329 e. The first kappa shape index (κ1) is 24.7. The topological polar surface area (TPSA) is 163 Å². The Morgan fingerprint density at radius 1 is 1.16 bits per heavy atom. The molecule has 5 aromatic rings. The van der Waals surface area contributed by atoms with Crippen LogP contribution in [0.4, 0.5) is 11.6 Å². The number of nitrogens with zero attached hydrogens (tertiary/aromatic N) is 5. The molecule has 3 aromatic heterocycles. The van der Waals surface area contributed by atoms with E-state index in [1.165, 1.54) is 11.6 Å². The van der Waals surface area contributed by atoms with Crippen molar-refractivity contribution in [3.05, 3.63) is 72.8 Å². The molecule has 37 heavy (non-hydrogen) atoms. The first-order chi connectivity index (χ1) is 17.7. The lowest BCUT2D eigenvalue weighted by atomic mass is 10.2. The average molecular weight is 589 g/mol. The van der Waals surface area contributed by atoms with Crippen LogP contribution in [0.5, 0.6) is 11.6 Å². The van der Waals surface area contributed by atoms with Crippen molar-refractivity contribution in [2.75, 3.05) is 6.61 Å². The lowest BCUT2D eigenvalue weighted by Gasteiger charge is -2.14. The Morgan fingerprint density at radius 3 is 2.68 bits per heavy atom. The molecule has 0 aliphatic carbocycles. The van der Waals surface area contributed by atoms with Gasteiger partial charge in [-0.2, -0.15) is 4.98 Å². The predicted octanol–water partition coefficient (Wildman–Crippen LogP) is 3.88. The second-order valence-electron chi connectivity index (χ2n) is 8.14. The molecule has 3 heterocycles. The number of H-pyrrole nitrogens is 2. The summed E-state index contributed by atoms with van der Waals surface area (Å²) in [6.07, 6.45) is -1.09. The van der Waals surface area contributed by atoms with Crippen molar-refractivity contribution in [3.63, 3.8) is 0 Å². The smallest absolute Gasteiger partial charge is 0.329 e. The Kier molecular flexibility index (Phi) is 6.58. The second-order valence-corrected chi connectivity index (χ2v) is 9.50. The molecule has 2 aromatic carbocycles. The minimum atomic E-state index is -1.09. The number of nitrogens with one attached hydrogen (secondary N) is 2. The van der Waals surface area contributed by atoms with Crippen LogP contribution in [-0.2, 0) is 13.6 Å². The van der Waals surface area contributed by atoms with E-state index < -0.39 is 17.4 Å². The number of benzene rings is 2. The monoisotopic (exact) mass is 587 g/mol. The van der Waals surface area contributed by atoms with Crippen LogP contribution in [0.2, 0.25) is 5.02 Å². The molecule has 0 fully saturated rings. The molecule has 12 nitrogen and oxygen atoms in total. The van der Waals surface area contributed by atoms with Crippen LogP contribution in [-0.4, -0.2) is 47.0 Å². The highest BCUT2D eigenvalue weighted by atomic mass is 79.9. The van der Waals surface area contributed by atoms with Gasteiger partial charge in [-0.15, -0.1) is 10.2 Å². The number of aromatic nitrogens is 5. The minimum absolute atomic E-state index is 0.0208. The van der Waals surface area contributed by atoms with E-state index in [2.05, 4.69) is 41.1 Å². The van der Waals surface area contributed by atoms with Gasteiger partial charge in [0.05, 0.1) is 12.1 Å². The summed E-state index contributed by atoms with van der Waals surface area (Å²) in [7, 11) is 1.45. The molecule has 0 amide bonds. The van der Waals surface area contributed by atoms with Gasteiger partial charge in [0.1, 0.15) is 18.5 Å². The molecule has 0 aliphatic rings. The fourth-order valence-corrected chi connectivity index (χ4v) is 4.28. The van der Waals surface area contributed by atoms with Gasteiger partial charge in [-0.1, -0.05) is 27.5 Å². The summed E-state index contributed by atoms with van der Waals surface area (Å²) in [6.45, 7) is -0.260. The number of ether oxygens (including phenoxy) is 1. The second kappa shape index (κ2) is 9.84. The molecule has 5 rings (SSSR count). The van der Waals surface area contributed by atoms with Crippen molar-refractivity contribution in [2.24, 2.45) is 17.3 Å². The van der Waals surface area contributed by atoms with Crippen molar-refractivity contribution in [3.8, 4) is 11.6 Å². The van der Waals surface area contributed by atoms with Crippen molar-refractivity contribution in [2.45, 2.75) is 12.6 Å². The van der Waals surface area contributed by atoms with E-state index in [0.29, 0.717) is 21.7 Å². The lowest BCUT2D eigenvalue weighted by Crippen LogP contribution is -2.30. The van der Waals surface area contributed by atoms with E-state index in [-0.39, 0.29) is 41.8 Å². The number of aliphatic hydroxyl groups excluding tert-OH is 1. The van der Waals surface area contributed by atoms with Gasteiger partial charge in [0, 0.05) is 21.9 Å². The molecule has 0 aliphatic heterocycles. The number of aromatic amines is 2. The maximum atomic E-state index is 12.7. The van der Waals surface area contributed by atoms with E-state index >= 15 is 0 Å². The Bertz CT molecular complexity index is 1770. The van der Waals surface area contributed by atoms with Crippen LogP contribution in [0.15, 0.2) is 66.8 Å². The van der Waals surface area contributed by atoms with Gasteiger partial charge in [-0.05, 0) is 42.5 Å². The zero-order valence-electron chi connectivity index (χ0n) is 19.1. The molecule has 14 heteroatoms. The molecule has 0 spiro atoms. The largest absolute Gasteiger partial charge is 0.493 e. The number of aliphatic hydroxyl groups is 1. The van der Waals surface area contributed by atoms with Crippen molar-refractivity contribution in [1.29, 1.82) is 0 Å². The van der Waals surface area contributed by atoms with Gasteiger partial charge in [-0.25, -0.2) is 4.79 Å². The Morgan fingerprint density at radius 2 is 1.92 bits per heavy atom. The number of aryl methyl sites for hydroxylation is 1. The Hall–Kier alpha value is -3.94. The zero-order chi connectivity index (χ0) is 26.3. The molecule has 4 N–H and O–H groups in total. The minimum Gasteiger partial charge on any atom is -0.493 e. The zero-order valence-corrected chi connectivity index (χ0v) is 21.5. The third-order valence-corrected chi connectivity index (χ3v) is 6.34. The summed E-state index contributed by atoms with van der Waals surface area (Å²) in [4.78, 5) is 34.2. The van der Waals surface area contributed by atoms with E-state index in [1.807, 2.05) is 0 Å². The number of aromatic hydroxyl groups is 1. The van der Waals surface area contributed by atoms with Crippen LogP contribution in [0.25, 0.3) is 22.1 Å². The van der Waals surface area contributed by atoms with Crippen LogP contribution >= 0.6 is 27.5 Å². The normalized spacial score (nSPS) is 12.6. The van der Waals surface area contributed by atoms with Crippen molar-refractivity contribution < 1.29 is 14.9 Å². The Labute approximate surface area is 221 Å². The van der Waals surface area contributed by atoms with E-state index in [9.17, 15) is 19.8 Å². The van der Waals surface area contributed by atoms with Crippen LogP contribution < -0.4 is 16.0 Å². The van der Waals surface area contributed by atoms with Gasteiger partial charge in [-0.3, -0.25) is 18.9 Å². The summed E-state index contributed by atoms with van der Waals surface area (Å²) >= 11 is 9.28. The predicted molar refractivity (Wildman–Crippen MR) is 140 cm³/mol. The first-order valence-electron chi connectivity index (χ1n) is 10.9. The third kappa shape index (κ3) is 4.88. The van der Waals surface area contributed by atoms with Crippen LogP contribution in [0.3, 0.4) is 0 Å². The summed E-state index contributed by atoms with van der Waals surface area (Å²) in [5, 5.41) is 30.5. The molecule has 0 unspecified atom stereocenters. The van der Waals surface area contributed by atoms with Gasteiger partial charge in [0.2, 0.25) is 5.88 Å². The molecular weight excluding hydrogens is 570 g/mol. The maximum absolute atomic E-state index is 12.7. The van der Waals surface area contributed by atoms with Gasteiger partial charge in [0.15, 0.2) is 16.9 Å². The fourth-order valence-electron chi connectivity index (χ4n) is 3.79. The van der Waals surface area contributed by atoms with E-state index in [1.54, 1.807) is 42.5 Å². The fraction of sp³-hybridized carbons (Fsp3) is 0.174. The van der Waals surface area contributed by atoms with Crippen LogP contribution in [0.1, 0.15) is 0 Å². The number of hydrogen-bond acceptors (Lipinski definition) is 8. The van der Waals surface area contributed by atoms with Crippen molar-refractivity contribution in [1.82, 2.24) is 24.1 Å². The van der Waals surface area contributed by atoms with Gasteiger partial charge < -0.3 is 19.9 Å². The molecular formula is C23H19BrClN7O5. The molecule has 0 saturated carbocycles. The number of fused-ring (bicyclic) bond motifs is 2. The molecule has 0 radical (unpaired) electrons. The highest BCUT2D eigenvalue weighted by Crippen LogP contribution is 2.37. The summed E-state index contributed by atoms with van der Waals surface area (Å²) in [5.74, 6) is 0.234. The average Bonchev–Trinajstić information content (AvgIpc) is 3.37. The van der Waals surface area contributed by atoms with Crippen molar-refractivity contribution >= 4 is 61.2 Å². The third-order valence-electron chi connectivity index (χ3n) is 5.59. The number of imidazole rings is 1. The quantitative estimate of drug-likeness (QED) is 0.211. The standard InChI is InChI=1S/C23H19BrClN7O5/c1-31-19-18(21(35)28-23(31)36)32(9-13(33)10-37-14-5-3-12(25)4-6-14)22(27-19)30-29-17-15-8-11(24)2-7-16(15)26-20(17)34/h2-8,13,26,33-34H,9-10H2,1H3,(H,28,35,36)/t13-/m1/s1. The number of hydrogen-bond donors (Lipinski definition) is 4. The van der Waals surface area contributed by atoms with E-state index in [0.717, 1.165) is 9.04 Å². The number of halogens is 2. The molecule has 0 bridgehead atoms. The summed E-state index contributed by atoms with van der Waals surface area (Å²) in [6, 6.07) is 12.0. The Balaban J connectivity index is 1.53. The van der Waals surface area contributed by atoms with Crippen LogP contribution in [0, 0.1) is 0 Å². The number of rotatable bonds is 7. The highest BCUT2D eigenvalue weighted by molar-refractivity contribution is 9.10. The number of azo groups is 1. The van der Waals surface area contributed by atoms with Gasteiger partial charge >= 0.3 is 5.69 Å². The summed E-state index contributed by atoms with van der Waals surface area (Å²) < 4.78 is 8.88. The molecule has 1 atom stereocenters. The SMILES string of the molecule is Cn1c(=O)[nH]c(=O)c2c1nc(N=Nc1c(O)[nH]c3ccc(Br)cc13)n2C[C@@H](O)COc1ccc(Cl)cc1.